The molecule has 0 aliphatic heterocycles. The van der Waals surface area contributed by atoms with Crippen LogP contribution < -0.4 is 22.1 Å². The Morgan fingerprint density at radius 2 is 1.38 bits per heavy atom. The molecular formula is C4H8AgN4O4. The number of urea groups is 2. The van der Waals surface area contributed by atoms with Crippen molar-refractivity contribution in [2.75, 3.05) is 0 Å². The summed E-state index contributed by atoms with van der Waals surface area (Å²) >= 11 is 0. The summed E-state index contributed by atoms with van der Waals surface area (Å²) in [7, 11) is 0. The molecule has 0 spiro atoms. The summed E-state index contributed by atoms with van der Waals surface area (Å²) in [5.74, 6) is -1.47. The van der Waals surface area contributed by atoms with Crippen molar-refractivity contribution < 1.29 is 41.9 Å². The van der Waals surface area contributed by atoms with Crippen LogP contribution in [-0.4, -0.2) is 29.3 Å². The van der Waals surface area contributed by atoms with Crippen LogP contribution >= 0.6 is 0 Å². The first-order chi connectivity index (χ1) is 5.43. The number of carboxylic acid groups (broad SMARTS) is 1. The van der Waals surface area contributed by atoms with E-state index < -0.39 is 24.2 Å². The zero-order valence-corrected chi connectivity index (χ0v) is 7.69. The van der Waals surface area contributed by atoms with Crippen molar-refractivity contribution in [2.24, 2.45) is 11.5 Å². The van der Waals surface area contributed by atoms with E-state index in [0.717, 1.165) is 0 Å². The van der Waals surface area contributed by atoms with E-state index in [9.17, 15) is 14.4 Å². The van der Waals surface area contributed by atoms with Crippen LogP contribution in [-0.2, 0) is 27.2 Å². The molecule has 1 radical (unpaired) electrons. The first kappa shape index (κ1) is 14.3. The molecule has 0 aliphatic rings. The smallest absolute Gasteiger partial charge is 0.347 e. The molecule has 0 aromatic carbocycles. The number of aliphatic carboxylic acids is 1. The molecule has 13 heavy (non-hydrogen) atoms. The zero-order valence-electron chi connectivity index (χ0n) is 6.21. The Balaban J connectivity index is 0. The summed E-state index contributed by atoms with van der Waals surface area (Å²) in [6.45, 7) is 0. The number of amides is 4. The van der Waals surface area contributed by atoms with Gasteiger partial charge in [-0.25, -0.2) is 14.4 Å². The van der Waals surface area contributed by atoms with E-state index in [2.05, 4.69) is 11.5 Å². The van der Waals surface area contributed by atoms with Crippen LogP contribution in [0.1, 0.15) is 0 Å². The molecule has 4 amide bonds. The predicted molar refractivity (Wildman–Crippen MR) is 36.9 cm³/mol. The van der Waals surface area contributed by atoms with E-state index in [0.29, 0.717) is 0 Å². The van der Waals surface area contributed by atoms with E-state index in [4.69, 9.17) is 5.11 Å². The number of carbonyl (C=O) groups is 3. The minimum Gasteiger partial charge on any atom is -0.478 e. The van der Waals surface area contributed by atoms with Crippen LogP contribution in [0.25, 0.3) is 0 Å². The third kappa shape index (κ3) is 7.12. The maximum Gasteiger partial charge on any atom is 0.347 e. The molecule has 9 heteroatoms. The molecule has 79 valence electrons. The maximum atomic E-state index is 10.2. The molecule has 0 saturated heterocycles. The monoisotopic (exact) mass is 283 g/mol. The summed E-state index contributed by atoms with van der Waals surface area (Å²) in [5.41, 5.74) is 9.20. The summed E-state index contributed by atoms with van der Waals surface area (Å²) < 4.78 is 0. The van der Waals surface area contributed by atoms with Crippen LogP contribution in [0.3, 0.4) is 0 Å². The van der Waals surface area contributed by atoms with E-state index in [1.54, 1.807) is 10.6 Å². The van der Waals surface area contributed by atoms with Gasteiger partial charge in [0.15, 0.2) is 0 Å². The zero-order chi connectivity index (χ0) is 9.72. The second kappa shape index (κ2) is 6.29. The van der Waals surface area contributed by atoms with Gasteiger partial charge in [-0.05, 0) is 0 Å². The third-order valence-corrected chi connectivity index (χ3v) is 0.820. The van der Waals surface area contributed by atoms with Crippen LogP contribution in [0.5, 0.6) is 0 Å². The van der Waals surface area contributed by atoms with Gasteiger partial charge in [0.1, 0.15) is 0 Å². The largest absolute Gasteiger partial charge is 0.478 e. The average Bonchev–Trinajstić information content (AvgIpc) is 1.83. The first-order valence-corrected chi connectivity index (χ1v) is 2.78. The molecular weight excluding hydrogens is 276 g/mol. The minimum atomic E-state index is -1.60. The van der Waals surface area contributed by atoms with Crippen LogP contribution in [0.2, 0.25) is 0 Å². The molecule has 0 aromatic rings. The van der Waals surface area contributed by atoms with Gasteiger partial charge in [-0.2, -0.15) is 0 Å². The summed E-state index contributed by atoms with van der Waals surface area (Å²) in [6.07, 6.45) is -1.60. The third-order valence-electron chi connectivity index (χ3n) is 0.820. The van der Waals surface area contributed by atoms with E-state index in [-0.39, 0.29) is 22.4 Å². The van der Waals surface area contributed by atoms with Crippen molar-refractivity contribution in [2.45, 2.75) is 6.17 Å². The Labute approximate surface area is 88.5 Å². The van der Waals surface area contributed by atoms with E-state index in [1.165, 1.54) is 0 Å². The number of rotatable bonds is 3. The van der Waals surface area contributed by atoms with Gasteiger partial charge in [-0.1, -0.05) is 0 Å². The molecule has 0 aliphatic carbocycles. The Morgan fingerprint density at radius 1 is 1.08 bits per heavy atom. The van der Waals surface area contributed by atoms with Crippen molar-refractivity contribution in [3.8, 4) is 0 Å². The maximum absolute atomic E-state index is 10.2. The molecule has 0 bridgehead atoms. The van der Waals surface area contributed by atoms with Crippen LogP contribution in [0, 0.1) is 0 Å². The van der Waals surface area contributed by atoms with Crippen molar-refractivity contribution in [1.82, 2.24) is 10.6 Å². The van der Waals surface area contributed by atoms with Crippen LogP contribution in [0.4, 0.5) is 9.59 Å². The number of nitrogens with one attached hydrogen (secondary N) is 2. The summed E-state index contributed by atoms with van der Waals surface area (Å²) in [4.78, 5) is 30.5. The van der Waals surface area contributed by atoms with Gasteiger partial charge in [-0.3, -0.25) is 0 Å². The summed E-state index contributed by atoms with van der Waals surface area (Å²) in [6, 6.07) is -2.15. The number of hydrogen-bond acceptors (Lipinski definition) is 3. The molecule has 0 atom stereocenters. The second-order valence-electron chi connectivity index (χ2n) is 1.79. The molecule has 0 unspecified atom stereocenters. The van der Waals surface area contributed by atoms with Crippen molar-refractivity contribution in [1.29, 1.82) is 0 Å². The predicted octanol–water partition coefficient (Wildman–Crippen LogP) is -2.27. The first-order valence-electron chi connectivity index (χ1n) is 2.78. The number of carboxylic acids is 1. The quantitative estimate of drug-likeness (QED) is 0.293. The minimum absolute atomic E-state index is 0. The molecule has 0 fully saturated rings. The molecule has 7 N–H and O–H groups in total. The number of carbonyl (C=O) groups excluding carboxylic acids is 2. The fourth-order valence-electron chi connectivity index (χ4n) is 0.444. The topological polar surface area (TPSA) is 148 Å². The molecule has 0 saturated carbocycles. The van der Waals surface area contributed by atoms with Gasteiger partial charge in [-0.15, -0.1) is 0 Å². The van der Waals surface area contributed by atoms with E-state index in [1.807, 2.05) is 0 Å². The van der Waals surface area contributed by atoms with Crippen LogP contribution in [0.15, 0.2) is 0 Å². The Bertz CT molecular complexity index is 204. The number of nitrogens with two attached hydrogens (primary N) is 2. The molecule has 0 rings (SSSR count). The van der Waals surface area contributed by atoms with Crippen molar-refractivity contribution in [3.05, 3.63) is 0 Å². The van der Waals surface area contributed by atoms with Gasteiger partial charge in [0, 0.05) is 22.4 Å². The Kier molecular flexibility index (Phi) is 6.91. The standard InChI is InChI=1S/C4H8N4O4.Ag/c5-3(11)7-1(2(9)10)8-4(6)12;/h1H,(H,9,10)(H3,5,7,11)(H3,6,8,12);. The number of hydrogen-bond donors (Lipinski definition) is 5. The second-order valence-corrected chi connectivity index (χ2v) is 1.79. The van der Waals surface area contributed by atoms with Gasteiger partial charge < -0.3 is 27.2 Å². The fourth-order valence-corrected chi connectivity index (χ4v) is 0.444. The normalized spacial score (nSPS) is 8.38. The van der Waals surface area contributed by atoms with Gasteiger partial charge in [0.2, 0.25) is 6.17 Å². The van der Waals surface area contributed by atoms with Crippen molar-refractivity contribution in [3.63, 3.8) is 0 Å². The number of primary amides is 2. The van der Waals surface area contributed by atoms with Gasteiger partial charge in [0.05, 0.1) is 0 Å². The average molecular weight is 284 g/mol. The Hall–Kier alpha value is -1.25. The van der Waals surface area contributed by atoms with Crippen molar-refractivity contribution >= 4 is 18.0 Å². The molecule has 0 heterocycles. The SMILES string of the molecule is NC(=O)NC(NC(N)=O)C(=O)O.[Ag]. The van der Waals surface area contributed by atoms with E-state index >= 15 is 0 Å². The Morgan fingerprint density at radius 3 is 1.54 bits per heavy atom. The molecule has 8 nitrogen and oxygen atoms in total. The van der Waals surface area contributed by atoms with Gasteiger partial charge in [0.25, 0.3) is 0 Å². The summed E-state index contributed by atoms with van der Waals surface area (Å²) in [5, 5.41) is 11.8. The fraction of sp³-hybridized carbons (Fsp3) is 0.250. The van der Waals surface area contributed by atoms with Gasteiger partial charge >= 0.3 is 18.0 Å². The molecule has 0 aromatic heterocycles.